The van der Waals surface area contributed by atoms with Gasteiger partial charge in [0.1, 0.15) is 6.61 Å². The summed E-state index contributed by atoms with van der Waals surface area (Å²) in [5.41, 5.74) is 2.83. The van der Waals surface area contributed by atoms with E-state index < -0.39 is 11.9 Å². The summed E-state index contributed by atoms with van der Waals surface area (Å²) in [6.45, 7) is 0.210. The van der Waals surface area contributed by atoms with Crippen molar-refractivity contribution in [1.82, 2.24) is 0 Å². The fourth-order valence-corrected chi connectivity index (χ4v) is 3.76. The maximum Gasteiger partial charge on any atom is 0.339 e. The largest absolute Gasteiger partial charge is 0.465 e. The molecule has 0 aromatic heterocycles. The van der Waals surface area contributed by atoms with Crippen molar-refractivity contribution in [2.24, 2.45) is 0 Å². The highest BCUT2D eigenvalue weighted by Crippen LogP contribution is 2.44. The van der Waals surface area contributed by atoms with Crippen LogP contribution in [0.3, 0.4) is 0 Å². The Balaban J connectivity index is 1.90. The van der Waals surface area contributed by atoms with Gasteiger partial charge in [0.05, 0.1) is 18.2 Å². The zero-order chi connectivity index (χ0) is 18.5. The highest BCUT2D eigenvalue weighted by molar-refractivity contribution is 6.18. The van der Waals surface area contributed by atoms with E-state index in [1.165, 1.54) is 7.11 Å². The van der Waals surface area contributed by atoms with Gasteiger partial charge in [0.2, 0.25) is 6.79 Å². The first-order valence-corrected chi connectivity index (χ1v) is 8.42. The lowest BCUT2D eigenvalue weighted by atomic mass is 9.87. The van der Waals surface area contributed by atoms with Crippen molar-refractivity contribution in [1.29, 1.82) is 0 Å². The first-order chi connectivity index (χ1) is 13.2. The second-order valence-electron chi connectivity index (χ2n) is 6.28. The van der Waals surface area contributed by atoms with Crippen LogP contribution in [0.25, 0.3) is 21.9 Å². The minimum Gasteiger partial charge on any atom is -0.465 e. The van der Waals surface area contributed by atoms with Gasteiger partial charge >= 0.3 is 11.9 Å². The Kier molecular flexibility index (Phi) is 3.33. The maximum atomic E-state index is 12.6. The molecule has 0 radical (unpaired) electrons. The Labute approximate surface area is 154 Å². The van der Waals surface area contributed by atoms with Gasteiger partial charge in [-0.1, -0.05) is 30.3 Å². The van der Waals surface area contributed by atoms with Crippen LogP contribution in [0.1, 0.15) is 26.3 Å². The predicted molar refractivity (Wildman–Crippen MR) is 96.0 cm³/mol. The fraction of sp³-hybridized carbons (Fsp3) is 0.143. The SMILES string of the molecule is COC(=O)c1c2c(c(-c3ccc4c(c3)OCO4)c3ccccc13)C(=O)OC2. The molecule has 0 aliphatic carbocycles. The number of rotatable bonds is 2. The van der Waals surface area contributed by atoms with Gasteiger partial charge < -0.3 is 18.9 Å². The van der Waals surface area contributed by atoms with Crippen molar-refractivity contribution in [3.63, 3.8) is 0 Å². The molecule has 6 nitrogen and oxygen atoms in total. The predicted octanol–water partition coefficient (Wildman–Crippen LogP) is 3.69. The number of carbonyl (C=O) groups is 2. The molecule has 3 aromatic carbocycles. The van der Waals surface area contributed by atoms with Gasteiger partial charge in [0, 0.05) is 11.1 Å². The summed E-state index contributed by atoms with van der Waals surface area (Å²) in [6, 6.07) is 13.0. The molecular formula is C21H14O6. The average Bonchev–Trinajstić information content (AvgIpc) is 3.32. The Morgan fingerprint density at radius 1 is 0.963 bits per heavy atom. The van der Waals surface area contributed by atoms with Gasteiger partial charge in [-0.25, -0.2) is 9.59 Å². The number of methoxy groups -OCH3 is 1. The van der Waals surface area contributed by atoms with Crippen LogP contribution < -0.4 is 9.47 Å². The molecule has 0 saturated heterocycles. The Morgan fingerprint density at radius 3 is 2.56 bits per heavy atom. The molecule has 0 unspecified atom stereocenters. The van der Waals surface area contributed by atoms with Gasteiger partial charge in [-0.05, 0) is 28.5 Å². The molecule has 0 bridgehead atoms. The maximum absolute atomic E-state index is 12.6. The monoisotopic (exact) mass is 362 g/mol. The van der Waals surface area contributed by atoms with Gasteiger partial charge in [-0.15, -0.1) is 0 Å². The minimum absolute atomic E-state index is 0.0426. The molecule has 134 valence electrons. The van der Waals surface area contributed by atoms with Crippen molar-refractivity contribution < 1.29 is 28.5 Å². The summed E-state index contributed by atoms with van der Waals surface area (Å²) < 4.78 is 21.1. The van der Waals surface area contributed by atoms with Gasteiger partial charge in [-0.3, -0.25) is 0 Å². The molecule has 2 aliphatic rings. The molecule has 0 amide bonds. The first kappa shape index (κ1) is 15.7. The highest BCUT2D eigenvalue weighted by atomic mass is 16.7. The average molecular weight is 362 g/mol. The quantitative estimate of drug-likeness (QED) is 0.648. The minimum atomic E-state index is -0.488. The second kappa shape index (κ2) is 5.74. The number of fused-ring (bicyclic) bond motifs is 3. The van der Waals surface area contributed by atoms with E-state index in [0.717, 1.165) is 10.9 Å². The molecule has 3 aromatic rings. The lowest BCUT2D eigenvalue weighted by Gasteiger charge is -2.15. The number of cyclic esters (lactones) is 1. The van der Waals surface area contributed by atoms with E-state index in [2.05, 4.69) is 0 Å². The summed E-state index contributed by atoms with van der Waals surface area (Å²) in [6.07, 6.45) is 0. The first-order valence-electron chi connectivity index (χ1n) is 8.42. The van der Waals surface area contributed by atoms with Crippen LogP contribution >= 0.6 is 0 Å². The molecule has 0 spiro atoms. The second-order valence-corrected chi connectivity index (χ2v) is 6.28. The molecule has 5 rings (SSSR count). The number of hydrogen-bond acceptors (Lipinski definition) is 6. The van der Waals surface area contributed by atoms with Crippen LogP contribution in [-0.4, -0.2) is 25.8 Å². The molecule has 2 heterocycles. The molecule has 0 N–H and O–H groups in total. The van der Waals surface area contributed by atoms with E-state index in [-0.39, 0.29) is 13.4 Å². The number of hydrogen-bond donors (Lipinski definition) is 0. The Morgan fingerprint density at radius 2 is 1.74 bits per heavy atom. The Hall–Kier alpha value is -3.54. The van der Waals surface area contributed by atoms with Crippen LogP contribution in [0.2, 0.25) is 0 Å². The Bertz CT molecular complexity index is 1130. The van der Waals surface area contributed by atoms with Gasteiger partial charge in [0.15, 0.2) is 11.5 Å². The van der Waals surface area contributed by atoms with Gasteiger partial charge in [-0.2, -0.15) is 0 Å². The summed E-state index contributed by atoms with van der Waals surface area (Å²) in [7, 11) is 1.33. The van der Waals surface area contributed by atoms with Crippen molar-refractivity contribution in [3.8, 4) is 22.6 Å². The third-order valence-electron chi connectivity index (χ3n) is 4.92. The van der Waals surface area contributed by atoms with E-state index in [0.29, 0.717) is 39.1 Å². The molecular weight excluding hydrogens is 348 g/mol. The lowest BCUT2D eigenvalue weighted by Crippen LogP contribution is -2.09. The van der Waals surface area contributed by atoms with E-state index >= 15 is 0 Å². The van der Waals surface area contributed by atoms with Crippen LogP contribution in [0, 0.1) is 0 Å². The van der Waals surface area contributed by atoms with Crippen LogP contribution in [-0.2, 0) is 16.1 Å². The highest BCUT2D eigenvalue weighted by Gasteiger charge is 2.34. The fourth-order valence-electron chi connectivity index (χ4n) is 3.76. The lowest BCUT2D eigenvalue weighted by molar-refractivity contribution is 0.0525. The van der Waals surface area contributed by atoms with E-state index in [1.54, 1.807) is 0 Å². The normalized spacial score (nSPS) is 14.2. The molecule has 27 heavy (non-hydrogen) atoms. The van der Waals surface area contributed by atoms with Crippen molar-refractivity contribution in [3.05, 3.63) is 59.2 Å². The summed E-state index contributed by atoms with van der Waals surface area (Å²) in [4.78, 5) is 25.0. The van der Waals surface area contributed by atoms with Crippen LogP contribution in [0.5, 0.6) is 11.5 Å². The van der Waals surface area contributed by atoms with Crippen LogP contribution in [0.4, 0.5) is 0 Å². The van der Waals surface area contributed by atoms with E-state index in [4.69, 9.17) is 18.9 Å². The summed E-state index contributed by atoms with van der Waals surface area (Å²) in [5, 5.41) is 1.49. The summed E-state index contributed by atoms with van der Waals surface area (Å²) >= 11 is 0. The third kappa shape index (κ3) is 2.19. The smallest absolute Gasteiger partial charge is 0.339 e. The van der Waals surface area contributed by atoms with Crippen molar-refractivity contribution in [2.45, 2.75) is 6.61 Å². The molecule has 0 saturated carbocycles. The van der Waals surface area contributed by atoms with Crippen molar-refractivity contribution >= 4 is 22.7 Å². The van der Waals surface area contributed by atoms with Crippen LogP contribution in [0.15, 0.2) is 42.5 Å². The van der Waals surface area contributed by atoms with Crippen molar-refractivity contribution in [2.75, 3.05) is 13.9 Å². The molecule has 6 heteroatoms. The topological polar surface area (TPSA) is 71.1 Å². The molecule has 0 fully saturated rings. The number of carbonyl (C=O) groups excluding carboxylic acids is 2. The van der Waals surface area contributed by atoms with E-state index in [9.17, 15) is 9.59 Å². The number of ether oxygens (including phenoxy) is 4. The van der Waals surface area contributed by atoms with E-state index in [1.807, 2.05) is 42.5 Å². The molecule has 0 atom stereocenters. The zero-order valence-corrected chi connectivity index (χ0v) is 14.4. The number of esters is 2. The zero-order valence-electron chi connectivity index (χ0n) is 14.4. The molecule has 2 aliphatic heterocycles. The van der Waals surface area contributed by atoms with Gasteiger partial charge in [0.25, 0.3) is 0 Å². The summed E-state index contributed by atoms with van der Waals surface area (Å²) in [5.74, 6) is 0.341. The third-order valence-corrected chi connectivity index (χ3v) is 4.92. The standard InChI is InChI=1S/C21H14O6/c1-24-20(22)18-13-5-3-2-4-12(13)17(19-14(18)9-25-21(19)23)11-6-7-15-16(8-11)27-10-26-15/h2-8H,9-10H2,1H3. The number of benzene rings is 3.